The molecule has 24 heteroatoms. The summed E-state index contributed by atoms with van der Waals surface area (Å²) in [5.74, 6) is 4.54. The highest BCUT2D eigenvalue weighted by Crippen LogP contribution is 2.52. The number of hydrogen-bond donors (Lipinski definition) is 0. The third-order valence-electron chi connectivity index (χ3n) is 17.9. The molecular formula is C86H109NO23. The van der Waals surface area contributed by atoms with E-state index < -0.39 is 0 Å². The van der Waals surface area contributed by atoms with Crippen LogP contribution in [0.3, 0.4) is 0 Å². The van der Waals surface area contributed by atoms with Crippen LogP contribution in [0.2, 0.25) is 0 Å². The fourth-order valence-corrected chi connectivity index (χ4v) is 12.3. The van der Waals surface area contributed by atoms with E-state index in [1.54, 1.807) is 24.3 Å². The summed E-state index contributed by atoms with van der Waals surface area (Å²) in [6, 6.07) is 40.2. The second kappa shape index (κ2) is 46.9. The fourth-order valence-electron chi connectivity index (χ4n) is 12.3. The van der Waals surface area contributed by atoms with E-state index in [9.17, 15) is 9.59 Å². The summed E-state index contributed by atoms with van der Waals surface area (Å²) in [5, 5.41) is 0. The molecule has 3 heterocycles. The lowest BCUT2D eigenvalue weighted by Crippen LogP contribution is -2.29. The van der Waals surface area contributed by atoms with Crippen LogP contribution in [0.5, 0.6) is 51.7 Å². The Hall–Kier alpha value is -8.60. The molecular weight excluding hydrogens is 1410 g/mol. The second-order valence-corrected chi connectivity index (χ2v) is 26.5. The number of rotatable bonds is 9. The van der Waals surface area contributed by atoms with Gasteiger partial charge >= 0.3 is 0 Å². The molecule has 0 spiro atoms. The van der Waals surface area contributed by atoms with Gasteiger partial charge in [-0.2, -0.15) is 0 Å². The number of fused-ring (bicyclic) bond motifs is 5. The molecule has 3 aliphatic rings. The molecule has 10 rings (SSSR count). The maximum absolute atomic E-state index is 13.5. The van der Waals surface area contributed by atoms with Crippen molar-refractivity contribution in [2.75, 3.05) is 211 Å². The Labute approximate surface area is 646 Å². The van der Waals surface area contributed by atoms with Crippen LogP contribution in [-0.2, 0) is 70.0 Å². The van der Waals surface area contributed by atoms with Crippen LogP contribution in [0.15, 0.2) is 127 Å². The van der Waals surface area contributed by atoms with E-state index in [0.717, 1.165) is 55.6 Å². The molecule has 7 aromatic rings. The van der Waals surface area contributed by atoms with E-state index in [4.69, 9.17) is 99.5 Å². The van der Waals surface area contributed by atoms with Crippen LogP contribution in [-0.4, -0.2) is 228 Å². The van der Waals surface area contributed by atoms with E-state index in [1.807, 2.05) is 97.1 Å². The number of ether oxygens (including phenoxy) is 21. The van der Waals surface area contributed by atoms with Gasteiger partial charge in [0.15, 0.2) is 46.0 Å². The summed E-state index contributed by atoms with van der Waals surface area (Å²) in [6.07, 6.45) is 0. The number of carbonyl (C=O) groups is 2. The summed E-state index contributed by atoms with van der Waals surface area (Å²) < 4.78 is 129. The largest absolute Gasteiger partial charge is 0.488 e. The molecule has 2 amide bonds. The number of para-hydroxylation sites is 4. The number of benzene rings is 7. The molecule has 110 heavy (non-hydrogen) atoms. The molecule has 0 saturated heterocycles. The number of hydrogen-bond acceptors (Lipinski definition) is 23. The minimum Gasteiger partial charge on any atom is -0.488 e. The van der Waals surface area contributed by atoms with Crippen molar-refractivity contribution in [3.63, 3.8) is 0 Å². The molecule has 0 fully saturated rings. The first-order valence-corrected chi connectivity index (χ1v) is 38.3. The average Bonchev–Trinajstić information content (AvgIpc) is 0.919. The van der Waals surface area contributed by atoms with E-state index in [0.29, 0.717) is 221 Å². The quantitative estimate of drug-likeness (QED) is 0.122. The lowest BCUT2D eigenvalue weighted by molar-refractivity contribution is 0.00248. The van der Waals surface area contributed by atoms with Gasteiger partial charge < -0.3 is 99.5 Å². The van der Waals surface area contributed by atoms with Crippen LogP contribution in [0.25, 0.3) is 22.3 Å². The highest BCUT2D eigenvalue weighted by atomic mass is 16.6. The van der Waals surface area contributed by atoms with Crippen LogP contribution >= 0.6 is 0 Å². The summed E-state index contributed by atoms with van der Waals surface area (Å²) in [4.78, 5) is 28.3. The SMILES string of the molecule is Cc1cc2c(cc1-c1c(C(C)C)cc(C(C)C)c(-c3cc4c(cc3C)OCCOCCOCCOCCOc3ccccc3OCCOCCOCCOCCO4)c1OCc1ccc(CN3C(=O)c4ccccc4C3=O)cc1)OCCOCCOCCOCCOc1ccccc1OCCOCCOCCOCCO2. The molecule has 0 N–H and O–H groups in total. The van der Waals surface area contributed by atoms with Gasteiger partial charge in [0.1, 0.15) is 65.2 Å². The number of amides is 2. The molecule has 0 atom stereocenters. The molecule has 0 radical (unpaired) electrons. The molecule has 0 aliphatic carbocycles. The van der Waals surface area contributed by atoms with Crippen molar-refractivity contribution in [3.05, 3.63) is 172 Å². The molecule has 3 aliphatic heterocycles. The van der Waals surface area contributed by atoms with Crippen molar-refractivity contribution in [1.29, 1.82) is 0 Å². The molecule has 0 unspecified atom stereocenters. The Morgan fingerprint density at radius 1 is 0.291 bits per heavy atom. The first-order chi connectivity index (χ1) is 54.0. The predicted molar refractivity (Wildman–Crippen MR) is 413 cm³/mol. The monoisotopic (exact) mass is 1520 g/mol. The summed E-state index contributed by atoms with van der Waals surface area (Å²) in [7, 11) is 0. The molecule has 7 aromatic carbocycles. The van der Waals surface area contributed by atoms with Gasteiger partial charge in [-0.15, -0.1) is 0 Å². The van der Waals surface area contributed by atoms with Crippen LogP contribution < -0.4 is 42.6 Å². The first-order valence-electron chi connectivity index (χ1n) is 38.3. The number of aryl methyl sites for hydroxylation is 2. The van der Waals surface area contributed by atoms with Gasteiger partial charge in [0, 0.05) is 11.1 Å². The van der Waals surface area contributed by atoms with Crippen molar-refractivity contribution < 1.29 is 109 Å². The van der Waals surface area contributed by atoms with Crippen LogP contribution in [0.4, 0.5) is 0 Å². The topological polar surface area (TPSA) is 231 Å². The maximum Gasteiger partial charge on any atom is 0.261 e. The van der Waals surface area contributed by atoms with Gasteiger partial charge in [-0.25, -0.2) is 0 Å². The van der Waals surface area contributed by atoms with Gasteiger partial charge in [0.05, 0.1) is 176 Å². The van der Waals surface area contributed by atoms with Gasteiger partial charge in [-0.3, -0.25) is 14.5 Å². The van der Waals surface area contributed by atoms with Crippen molar-refractivity contribution >= 4 is 11.8 Å². The highest BCUT2D eigenvalue weighted by Gasteiger charge is 2.35. The average molecular weight is 1520 g/mol. The van der Waals surface area contributed by atoms with Gasteiger partial charge in [-0.1, -0.05) is 94.4 Å². The highest BCUT2D eigenvalue weighted by molar-refractivity contribution is 6.21. The van der Waals surface area contributed by atoms with Crippen molar-refractivity contribution in [3.8, 4) is 74.0 Å². The Bertz CT molecular complexity index is 3690. The zero-order valence-electron chi connectivity index (χ0n) is 64.7. The third-order valence-corrected chi connectivity index (χ3v) is 17.9. The standard InChI is InChI=1S/C86H109NO23/c1-62(2)70-57-71(63(3)4)83(73-59-81-79(56-65(73)6)107-52-44-99-36-28-91-24-32-95-40-48-103-75-16-10-12-18-77(75)105-50-42-97-34-26-93-30-38-101-46-54-109-81)84(110-61-67-21-19-66(20-22-67)60-87-85(88)68-13-7-8-14-69(68)86(87)89)82(70)72-58-80-78(55-64(72)5)106-51-43-98-35-27-90-23-31-94-39-47-102-74-15-9-11-17-76(74)104-49-41-96-33-25-92-29-37-100-45-53-108-80/h7-22,55-59,62-63H,23-54,60-61H2,1-6H3. The Morgan fingerprint density at radius 2 is 0.536 bits per heavy atom. The second-order valence-electron chi connectivity index (χ2n) is 26.5. The normalized spacial score (nSPS) is 17.7. The lowest BCUT2D eigenvalue weighted by Gasteiger charge is -2.28. The van der Waals surface area contributed by atoms with Crippen molar-refractivity contribution in [1.82, 2.24) is 4.90 Å². The summed E-state index contributed by atoms with van der Waals surface area (Å²) >= 11 is 0. The van der Waals surface area contributed by atoms with Crippen molar-refractivity contribution in [2.45, 2.75) is 66.5 Å². The maximum atomic E-state index is 13.5. The van der Waals surface area contributed by atoms with E-state index in [-0.39, 0.29) is 89.7 Å². The Balaban J connectivity index is 0.925. The summed E-state index contributed by atoms with van der Waals surface area (Å²) in [6.45, 7) is 23.9. The third kappa shape index (κ3) is 26.3. The molecule has 596 valence electrons. The fraction of sp³-hybridized carbons (Fsp3) is 0.488. The first kappa shape index (κ1) is 83.9. The van der Waals surface area contributed by atoms with Crippen molar-refractivity contribution in [2.24, 2.45) is 0 Å². The van der Waals surface area contributed by atoms with Gasteiger partial charge in [0.2, 0.25) is 0 Å². The minimum absolute atomic E-state index is 0.0108. The number of imide groups is 1. The smallest absolute Gasteiger partial charge is 0.261 e. The summed E-state index contributed by atoms with van der Waals surface area (Å²) in [5.41, 5.74) is 9.79. The molecule has 24 nitrogen and oxygen atoms in total. The number of carbonyl (C=O) groups excluding carboxylic acids is 2. The molecule has 0 aromatic heterocycles. The Morgan fingerprint density at radius 3 is 0.818 bits per heavy atom. The van der Waals surface area contributed by atoms with E-state index in [2.05, 4.69) is 47.6 Å². The van der Waals surface area contributed by atoms with Crippen LogP contribution in [0, 0.1) is 13.8 Å². The zero-order chi connectivity index (χ0) is 76.8. The lowest BCUT2D eigenvalue weighted by atomic mass is 9.80. The van der Waals surface area contributed by atoms with Gasteiger partial charge in [-0.05, 0) is 131 Å². The zero-order valence-corrected chi connectivity index (χ0v) is 64.7. The van der Waals surface area contributed by atoms with Gasteiger partial charge in [0.25, 0.3) is 11.8 Å². The van der Waals surface area contributed by atoms with Crippen LogP contribution in [0.1, 0.15) is 93.6 Å². The predicted octanol–water partition coefficient (Wildman–Crippen LogP) is 12.9. The van der Waals surface area contributed by atoms with E-state index >= 15 is 0 Å². The molecule has 0 bridgehead atoms. The Kier molecular flexibility index (Phi) is 35.8. The van der Waals surface area contributed by atoms with E-state index in [1.165, 1.54) is 4.90 Å². The number of nitrogens with zero attached hydrogens (tertiary/aromatic N) is 1. The minimum atomic E-state index is -0.318. The molecule has 0 saturated carbocycles.